The Balaban J connectivity index is 2.49. The fourth-order valence-corrected chi connectivity index (χ4v) is 1.62. The maximum Gasteiger partial charge on any atom is 0.138 e. The third-order valence-electron chi connectivity index (χ3n) is 1.96. The van der Waals surface area contributed by atoms with Crippen LogP contribution in [0.1, 0.15) is 13.8 Å². The van der Waals surface area contributed by atoms with Crippen molar-refractivity contribution in [2.45, 2.75) is 13.8 Å². The predicted molar refractivity (Wildman–Crippen MR) is 65.1 cm³/mol. The van der Waals surface area contributed by atoms with Gasteiger partial charge in [-0.15, -0.1) is 0 Å². The number of rotatable bonds is 5. The highest BCUT2D eigenvalue weighted by Gasteiger charge is 2.17. The monoisotopic (exact) mass is 272 g/mol. The SMILES string of the molecule is CNCC(C)(C)COc1cncc(Br)c1. The van der Waals surface area contributed by atoms with Gasteiger partial charge in [0.2, 0.25) is 0 Å². The highest BCUT2D eigenvalue weighted by atomic mass is 79.9. The number of halogens is 1. The second-order valence-corrected chi connectivity index (χ2v) is 5.24. The van der Waals surface area contributed by atoms with Crippen LogP contribution in [0, 0.1) is 5.41 Å². The minimum Gasteiger partial charge on any atom is -0.491 e. The van der Waals surface area contributed by atoms with E-state index in [1.54, 1.807) is 12.4 Å². The Morgan fingerprint density at radius 1 is 1.47 bits per heavy atom. The van der Waals surface area contributed by atoms with Gasteiger partial charge in [0.1, 0.15) is 5.75 Å². The summed E-state index contributed by atoms with van der Waals surface area (Å²) in [6, 6.07) is 1.92. The van der Waals surface area contributed by atoms with E-state index in [2.05, 4.69) is 40.1 Å². The minimum atomic E-state index is 0.122. The molecule has 15 heavy (non-hydrogen) atoms. The molecule has 0 amide bonds. The van der Waals surface area contributed by atoms with E-state index in [9.17, 15) is 0 Å². The van der Waals surface area contributed by atoms with E-state index in [1.165, 1.54) is 0 Å². The number of ether oxygens (including phenoxy) is 1. The molecule has 84 valence electrons. The first-order valence-electron chi connectivity index (χ1n) is 4.91. The van der Waals surface area contributed by atoms with Gasteiger partial charge in [-0.25, -0.2) is 0 Å². The number of nitrogens with one attached hydrogen (secondary N) is 1. The van der Waals surface area contributed by atoms with Crippen LogP contribution in [-0.4, -0.2) is 25.2 Å². The Labute approximate surface area is 99.4 Å². The Hall–Kier alpha value is -0.610. The lowest BCUT2D eigenvalue weighted by atomic mass is 9.95. The van der Waals surface area contributed by atoms with Crippen molar-refractivity contribution in [3.05, 3.63) is 22.9 Å². The molecule has 1 aromatic rings. The molecular formula is C11H17BrN2O. The molecule has 3 nitrogen and oxygen atoms in total. The third kappa shape index (κ3) is 4.62. The standard InChI is InChI=1S/C11H17BrN2O/c1-11(2,7-13-3)8-15-10-4-9(12)5-14-6-10/h4-6,13H,7-8H2,1-3H3. The maximum absolute atomic E-state index is 5.67. The van der Waals surface area contributed by atoms with Crippen molar-refractivity contribution in [3.63, 3.8) is 0 Å². The first kappa shape index (κ1) is 12.5. The third-order valence-corrected chi connectivity index (χ3v) is 2.40. The summed E-state index contributed by atoms with van der Waals surface area (Å²) in [5.41, 5.74) is 0.122. The van der Waals surface area contributed by atoms with Crippen LogP contribution in [0.25, 0.3) is 0 Å². The molecule has 1 aromatic heterocycles. The van der Waals surface area contributed by atoms with Gasteiger partial charge < -0.3 is 10.1 Å². The molecule has 0 aliphatic heterocycles. The van der Waals surface area contributed by atoms with E-state index in [-0.39, 0.29) is 5.41 Å². The van der Waals surface area contributed by atoms with Gasteiger partial charge in [0.15, 0.2) is 0 Å². The van der Waals surface area contributed by atoms with E-state index in [0.29, 0.717) is 6.61 Å². The summed E-state index contributed by atoms with van der Waals surface area (Å²) in [6.45, 7) is 5.92. The van der Waals surface area contributed by atoms with Crippen molar-refractivity contribution in [1.29, 1.82) is 0 Å². The summed E-state index contributed by atoms with van der Waals surface area (Å²) >= 11 is 3.36. The lowest BCUT2D eigenvalue weighted by Crippen LogP contribution is -2.32. The quantitative estimate of drug-likeness (QED) is 0.894. The van der Waals surface area contributed by atoms with E-state index in [4.69, 9.17) is 4.74 Å². The van der Waals surface area contributed by atoms with Crippen LogP contribution < -0.4 is 10.1 Å². The number of hydrogen-bond donors (Lipinski definition) is 1. The molecule has 1 rings (SSSR count). The molecule has 0 saturated heterocycles. The van der Waals surface area contributed by atoms with Gasteiger partial charge in [-0.1, -0.05) is 13.8 Å². The Kier molecular flexibility index (Phi) is 4.54. The maximum atomic E-state index is 5.67. The summed E-state index contributed by atoms with van der Waals surface area (Å²) in [5, 5.41) is 3.15. The second kappa shape index (κ2) is 5.47. The molecule has 0 atom stereocenters. The van der Waals surface area contributed by atoms with Crippen molar-refractivity contribution in [1.82, 2.24) is 10.3 Å². The summed E-state index contributed by atoms with van der Waals surface area (Å²) in [7, 11) is 1.95. The molecule has 0 bridgehead atoms. The molecule has 0 aliphatic carbocycles. The van der Waals surface area contributed by atoms with Crippen LogP contribution in [0.2, 0.25) is 0 Å². The molecule has 0 aromatic carbocycles. The molecular weight excluding hydrogens is 256 g/mol. The van der Waals surface area contributed by atoms with Crippen LogP contribution in [0.4, 0.5) is 0 Å². The second-order valence-electron chi connectivity index (χ2n) is 4.32. The van der Waals surface area contributed by atoms with E-state index in [0.717, 1.165) is 16.8 Å². The van der Waals surface area contributed by atoms with Gasteiger partial charge in [0, 0.05) is 22.6 Å². The number of pyridine rings is 1. The number of aromatic nitrogens is 1. The highest BCUT2D eigenvalue weighted by Crippen LogP contribution is 2.19. The van der Waals surface area contributed by atoms with Gasteiger partial charge >= 0.3 is 0 Å². The Morgan fingerprint density at radius 3 is 2.80 bits per heavy atom. The molecule has 0 unspecified atom stereocenters. The van der Waals surface area contributed by atoms with Gasteiger partial charge in [0.25, 0.3) is 0 Å². The summed E-state index contributed by atoms with van der Waals surface area (Å²) in [5.74, 6) is 0.800. The predicted octanol–water partition coefficient (Wildman–Crippen LogP) is 2.47. The van der Waals surface area contributed by atoms with Gasteiger partial charge in [0.05, 0.1) is 12.8 Å². The first-order chi connectivity index (χ1) is 7.03. The van der Waals surface area contributed by atoms with Crippen molar-refractivity contribution >= 4 is 15.9 Å². The van der Waals surface area contributed by atoms with E-state index < -0.39 is 0 Å². The van der Waals surface area contributed by atoms with Crippen molar-refractivity contribution in [2.75, 3.05) is 20.2 Å². The molecule has 0 spiro atoms. The first-order valence-corrected chi connectivity index (χ1v) is 5.71. The average Bonchev–Trinajstić information content (AvgIpc) is 2.15. The zero-order valence-corrected chi connectivity index (χ0v) is 11.0. The van der Waals surface area contributed by atoms with Crippen molar-refractivity contribution < 1.29 is 4.74 Å². The molecule has 0 fully saturated rings. The number of hydrogen-bond acceptors (Lipinski definition) is 3. The van der Waals surface area contributed by atoms with Gasteiger partial charge in [-0.2, -0.15) is 0 Å². The normalized spacial score (nSPS) is 11.5. The Morgan fingerprint density at radius 2 is 2.20 bits per heavy atom. The zero-order chi connectivity index (χ0) is 11.3. The number of nitrogens with zero attached hydrogens (tertiary/aromatic N) is 1. The van der Waals surface area contributed by atoms with Crippen LogP contribution >= 0.6 is 15.9 Å². The minimum absolute atomic E-state index is 0.122. The van der Waals surface area contributed by atoms with Crippen LogP contribution in [0.5, 0.6) is 5.75 Å². The molecule has 1 N–H and O–H groups in total. The summed E-state index contributed by atoms with van der Waals surface area (Å²) < 4.78 is 6.61. The molecule has 0 aliphatic rings. The summed E-state index contributed by atoms with van der Waals surface area (Å²) in [4.78, 5) is 4.04. The topological polar surface area (TPSA) is 34.1 Å². The van der Waals surface area contributed by atoms with Crippen LogP contribution in [0.15, 0.2) is 22.9 Å². The fraction of sp³-hybridized carbons (Fsp3) is 0.545. The molecule has 0 radical (unpaired) electrons. The summed E-state index contributed by atoms with van der Waals surface area (Å²) in [6.07, 6.45) is 3.46. The van der Waals surface area contributed by atoms with Crippen LogP contribution in [-0.2, 0) is 0 Å². The Bertz CT molecular complexity index is 315. The molecule has 0 saturated carbocycles. The lowest BCUT2D eigenvalue weighted by molar-refractivity contribution is 0.178. The van der Waals surface area contributed by atoms with Gasteiger partial charge in [-0.05, 0) is 29.0 Å². The zero-order valence-electron chi connectivity index (χ0n) is 9.38. The largest absolute Gasteiger partial charge is 0.491 e. The smallest absolute Gasteiger partial charge is 0.138 e. The van der Waals surface area contributed by atoms with Crippen LogP contribution in [0.3, 0.4) is 0 Å². The highest BCUT2D eigenvalue weighted by molar-refractivity contribution is 9.10. The molecule has 4 heteroatoms. The van der Waals surface area contributed by atoms with Crippen molar-refractivity contribution in [2.24, 2.45) is 5.41 Å². The van der Waals surface area contributed by atoms with Crippen molar-refractivity contribution in [3.8, 4) is 5.75 Å². The molecule has 1 heterocycles. The van der Waals surface area contributed by atoms with E-state index in [1.807, 2.05) is 13.1 Å². The fourth-order valence-electron chi connectivity index (χ4n) is 1.28. The lowest BCUT2D eigenvalue weighted by Gasteiger charge is -2.24. The average molecular weight is 273 g/mol. The van der Waals surface area contributed by atoms with E-state index >= 15 is 0 Å². The van der Waals surface area contributed by atoms with Gasteiger partial charge in [-0.3, -0.25) is 4.98 Å².